The van der Waals surface area contributed by atoms with Crippen LogP contribution < -0.4 is 0 Å². The van der Waals surface area contributed by atoms with Gasteiger partial charge in [-0.25, -0.2) is 0 Å². The van der Waals surface area contributed by atoms with E-state index in [4.69, 9.17) is 23.2 Å². The summed E-state index contributed by atoms with van der Waals surface area (Å²) in [7, 11) is 0. The maximum absolute atomic E-state index is 10.9. The van der Waals surface area contributed by atoms with Crippen molar-refractivity contribution >= 4 is 35.6 Å². The number of carbonyl (C=O) groups excluding carboxylic acids is 1. The molecule has 98 valence electrons. The van der Waals surface area contributed by atoms with Crippen molar-refractivity contribution < 1.29 is 4.79 Å². The van der Waals surface area contributed by atoms with Crippen molar-refractivity contribution in [3.05, 3.63) is 39.9 Å². The molecule has 0 radical (unpaired) electrons. The molecule has 0 aliphatic heterocycles. The van der Waals surface area contributed by atoms with E-state index in [0.717, 1.165) is 11.8 Å². The fraction of sp³-hybridized carbons (Fsp3) is 0.400. The Bertz CT molecular complexity index is 456. The molecule has 0 amide bonds. The molecule has 0 spiro atoms. The van der Waals surface area contributed by atoms with Gasteiger partial charge in [-0.15, -0.1) is 11.6 Å². The average Bonchev–Trinajstić information content (AvgIpc) is 2.29. The summed E-state index contributed by atoms with van der Waals surface area (Å²) >= 11 is 11.9. The van der Waals surface area contributed by atoms with Crippen molar-refractivity contribution in [3.63, 3.8) is 0 Å². The molecule has 1 aromatic carbocycles. The van der Waals surface area contributed by atoms with Gasteiger partial charge in [0, 0.05) is 10.9 Å². The maximum atomic E-state index is 10.9. The Labute approximate surface area is 119 Å². The molecule has 0 unspecified atom stereocenters. The fourth-order valence-corrected chi connectivity index (χ4v) is 2.04. The topological polar surface area (TPSA) is 17.1 Å². The molecule has 0 bridgehead atoms. The average molecular weight is 285 g/mol. The highest BCUT2D eigenvalue weighted by Crippen LogP contribution is 2.28. The highest BCUT2D eigenvalue weighted by molar-refractivity contribution is 6.32. The Hall–Kier alpha value is -0.790. The van der Waals surface area contributed by atoms with E-state index in [-0.39, 0.29) is 5.41 Å². The molecule has 0 fully saturated rings. The molecule has 0 N–H and O–H groups in total. The van der Waals surface area contributed by atoms with Crippen molar-refractivity contribution in [1.82, 2.24) is 0 Å². The van der Waals surface area contributed by atoms with E-state index in [0.29, 0.717) is 22.9 Å². The molecule has 0 aliphatic rings. The van der Waals surface area contributed by atoms with Crippen LogP contribution in [0.25, 0.3) is 6.08 Å². The lowest BCUT2D eigenvalue weighted by molar-refractivity contribution is -0.104. The molecule has 0 atom stereocenters. The number of benzene rings is 1. The zero-order valence-corrected chi connectivity index (χ0v) is 12.5. The first-order valence-electron chi connectivity index (χ1n) is 5.90. The molecule has 0 saturated carbocycles. The molecule has 1 nitrogen and oxygen atoms in total. The number of hydrogen-bond donors (Lipinski definition) is 0. The molecule has 0 saturated heterocycles. The SMILES string of the molecule is CC(C)(C)c1ccc(/C=C(\C=O)CCCl)c(Cl)c1. The lowest BCUT2D eigenvalue weighted by atomic mass is 9.86. The minimum absolute atomic E-state index is 0.0650. The summed E-state index contributed by atoms with van der Waals surface area (Å²) in [6, 6.07) is 5.94. The molecular formula is C15H18Cl2O. The normalized spacial score (nSPS) is 12.6. The molecule has 1 rings (SSSR count). The van der Waals surface area contributed by atoms with Crippen LogP contribution in [-0.4, -0.2) is 12.2 Å². The van der Waals surface area contributed by atoms with Crippen molar-refractivity contribution in [1.29, 1.82) is 0 Å². The Balaban J connectivity index is 3.10. The van der Waals surface area contributed by atoms with Gasteiger partial charge in [0.05, 0.1) is 0 Å². The van der Waals surface area contributed by atoms with E-state index in [1.807, 2.05) is 18.2 Å². The summed E-state index contributed by atoms with van der Waals surface area (Å²) in [4.78, 5) is 10.9. The number of allylic oxidation sites excluding steroid dienone is 1. The Morgan fingerprint density at radius 1 is 1.33 bits per heavy atom. The van der Waals surface area contributed by atoms with Gasteiger partial charge < -0.3 is 0 Å². The minimum atomic E-state index is 0.0650. The summed E-state index contributed by atoms with van der Waals surface area (Å²) in [5.41, 5.74) is 2.76. The third kappa shape index (κ3) is 4.15. The largest absolute Gasteiger partial charge is 0.298 e. The van der Waals surface area contributed by atoms with Crippen molar-refractivity contribution in [2.24, 2.45) is 0 Å². The highest BCUT2D eigenvalue weighted by Gasteiger charge is 2.14. The lowest BCUT2D eigenvalue weighted by Gasteiger charge is -2.19. The minimum Gasteiger partial charge on any atom is -0.298 e. The van der Waals surface area contributed by atoms with E-state index in [2.05, 4.69) is 20.8 Å². The van der Waals surface area contributed by atoms with Crippen molar-refractivity contribution in [2.75, 3.05) is 5.88 Å². The third-order valence-electron chi connectivity index (χ3n) is 2.74. The summed E-state index contributed by atoms with van der Waals surface area (Å²) < 4.78 is 0. The van der Waals surface area contributed by atoms with Crippen LogP contribution in [0.1, 0.15) is 38.3 Å². The first kappa shape index (κ1) is 15.3. The van der Waals surface area contributed by atoms with E-state index in [1.54, 1.807) is 6.08 Å². The smallest absolute Gasteiger partial charge is 0.146 e. The van der Waals surface area contributed by atoms with Gasteiger partial charge in [-0.05, 0) is 40.7 Å². The highest BCUT2D eigenvalue weighted by atomic mass is 35.5. The second kappa shape index (κ2) is 6.40. The fourth-order valence-electron chi connectivity index (χ4n) is 1.58. The van der Waals surface area contributed by atoms with E-state index in [9.17, 15) is 4.79 Å². The first-order valence-corrected chi connectivity index (χ1v) is 6.81. The van der Waals surface area contributed by atoms with Gasteiger partial charge >= 0.3 is 0 Å². The standard InChI is InChI=1S/C15H18Cl2O/c1-15(2,3)13-5-4-12(14(17)9-13)8-11(10-18)6-7-16/h4-5,8-10H,6-7H2,1-3H3/b11-8-. The molecule has 3 heteroatoms. The molecular weight excluding hydrogens is 267 g/mol. The van der Waals surface area contributed by atoms with Gasteiger partial charge in [-0.2, -0.15) is 0 Å². The monoisotopic (exact) mass is 284 g/mol. The van der Waals surface area contributed by atoms with Crippen LogP contribution in [0.15, 0.2) is 23.8 Å². The predicted octanol–water partition coefficient (Wildman–Crippen LogP) is 4.85. The number of carbonyl (C=O) groups is 1. The van der Waals surface area contributed by atoms with Crippen molar-refractivity contribution in [3.8, 4) is 0 Å². The Kier molecular flexibility index (Phi) is 5.43. The molecule has 18 heavy (non-hydrogen) atoms. The second-order valence-corrected chi connectivity index (χ2v) is 6.05. The van der Waals surface area contributed by atoms with E-state index < -0.39 is 0 Å². The molecule has 0 aromatic heterocycles. The summed E-state index contributed by atoms with van der Waals surface area (Å²) in [6.45, 7) is 6.41. The van der Waals surface area contributed by atoms with Crippen LogP contribution in [0.3, 0.4) is 0 Å². The van der Waals surface area contributed by atoms with Crippen LogP contribution in [0, 0.1) is 0 Å². The number of aldehydes is 1. The quantitative estimate of drug-likeness (QED) is 0.439. The van der Waals surface area contributed by atoms with Gasteiger partial charge in [-0.1, -0.05) is 44.5 Å². The van der Waals surface area contributed by atoms with Gasteiger partial charge in [-0.3, -0.25) is 4.79 Å². The molecule has 0 heterocycles. The number of rotatable bonds is 4. The van der Waals surface area contributed by atoms with Gasteiger partial charge in [0.25, 0.3) is 0 Å². The number of halogens is 2. The Morgan fingerprint density at radius 3 is 2.44 bits per heavy atom. The van der Waals surface area contributed by atoms with E-state index >= 15 is 0 Å². The van der Waals surface area contributed by atoms with Gasteiger partial charge in [0.15, 0.2) is 0 Å². The molecule has 1 aromatic rings. The van der Waals surface area contributed by atoms with Crippen molar-refractivity contribution in [2.45, 2.75) is 32.6 Å². The summed E-state index contributed by atoms with van der Waals surface area (Å²) in [6.07, 6.45) is 3.18. The van der Waals surface area contributed by atoms with Crippen LogP contribution in [0.2, 0.25) is 5.02 Å². The first-order chi connectivity index (χ1) is 8.38. The Morgan fingerprint density at radius 2 is 2.00 bits per heavy atom. The number of alkyl halides is 1. The number of hydrogen-bond acceptors (Lipinski definition) is 1. The van der Waals surface area contributed by atoms with Gasteiger partial charge in [0.2, 0.25) is 0 Å². The third-order valence-corrected chi connectivity index (χ3v) is 3.26. The zero-order valence-electron chi connectivity index (χ0n) is 11.0. The lowest BCUT2D eigenvalue weighted by Crippen LogP contribution is -2.10. The summed E-state index contributed by atoms with van der Waals surface area (Å²) in [5.74, 6) is 0.433. The van der Waals surface area contributed by atoms with Crippen LogP contribution >= 0.6 is 23.2 Å². The van der Waals surface area contributed by atoms with Crippen LogP contribution in [0.4, 0.5) is 0 Å². The maximum Gasteiger partial charge on any atom is 0.146 e. The molecule has 0 aliphatic carbocycles. The van der Waals surface area contributed by atoms with E-state index in [1.165, 1.54) is 5.56 Å². The summed E-state index contributed by atoms with van der Waals surface area (Å²) in [5, 5.41) is 0.663. The van der Waals surface area contributed by atoms with Gasteiger partial charge in [0.1, 0.15) is 6.29 Å². The zero-order chi connectivity index (χ0) is 13.8. The van der Waals surface area contributed by atoms with Crippen LogP contribution in [0.5, 0.6) is 0 Å². The second-order valence-electron chi connectivity index (χ2n) is 5.26. The van der Waals surface area contributed by atoms with Crippen LogP contribution in [-0.2, 0) is 10.2 Å². The predicted molar refractivity (Wildman–Crippen MR) is 79.5 cm³/mol.